The predicted molar refractivity (Wildman–Crippen MR) is 94.7 cm³/mol. The fraction of sp³-hybridized carbons (Fsp3) is 0.105. The van der Waals surface area contributed by atoms with Gasteiger partial charge >= 0.3 is 0 Å². The molecule has 2 aromatic rings. The lowest BCUT2D eigenvalue weighted by Gasteiger charge is -2.20. The van der Waals surface area contributed by atoms with E-state index in [2.05, 4.69) is 15.9 Å². The van der Waals surface area contributed by atoms with Crippen LogP contribution in [0, 0.1) is 6.57 Å². The summed E-state index contributed by atoms with van der Waals surface area (Å²) in [5, 5.41) is 0. The molecule has 5 heteroatoms. The molecule has 0 bridgehead atoms. The maximum atomic E-state index is 12.1. The van der Waals surface area contributed by atoms with Crippen LogP contribution in [0.15, 0.2) is 53.5 Å². The summed E-state index contributed by atoms with van der Waals surface area (Å²) in [6, 6.07) is 12.9. The summed E-state index contributed by atoms with van der Waals surface area (Å²) in [7, 11) is 0. The Balaban J connectivity index is 2.12. The molecule has 1 aliphatic carbocycles. The highest BCUT2D eigenvalue weighted by Gasteiger charge is 2.18. The molecule has 1 amide bonds. The molecule has 1 aliphatic rings. The molecule has 4 N–H and O–H groups in total. The van der Waals surface area contributed by atoms with Crippen LogP contribution in [0.3, 0.4) is 0 Å². The van der Waals surface area contributed by atoms with Crippen molar-refractivity contribution in [3.05, 3.63) is 82.2 Å². The lowest BCUT2D eigenvalue weighted by atomic mass is 9.85. The Bertz CT molecular complexity index is 915. The van der Waals surface area contributed by atoms with Gasteiger partial charge in [-0.25, -0.2) is 4.85 Å². The lowest BCUT2D eigenvalue weighted by Crippen LogP contribution is -2.24. The number of carbonyl (C=O) groups is 1. The fourth-order valence-corrected chi connectivity index (χ4v) is 2.90. The Morgan fingerprint density at radius 3 is 2.67 bits per heavy atom. The first-order chi connectivity index (χ1) is 11.6. The van der Waals surface area contributed by atoms with Crippen molar-refractivity contribution >= 4 is 23.1 Å². The van der Waals surface area contributed by atoms with E-state index in [1.165, 1.54) is 0 Å². The first kappa shape index (κ1) is 15.5. The molecule has 0 fully saturated rings. The molecule has 2 aromatic carbocycles. The third kappa shape index (κ3) is 2.90. The third-order valence-electron chi connectivity index (χ3n) is 3.95. The summed E-state index contributed by atoms with van der Waals surface area (Å²) in [4.78, 5) is 19.3. The summed E-state index contributed by atoms with van der Waals surface area (Å²) in [5.74, 6) is -0.729. The van der Waals surface area contributed by atoms with Gasteiger partial charge in [0.15, 0.2) is 11.6 Å². The number of amides is 1. The number of para-hydroxylation sites is 1. The second-order valence-electron chi connectivity index (χ2n) is 5.50. The molecule has 0 aromatic heterocycles. The lowest BCUT2D eigenvalue weighted by molar-refractivity contribution is 0.100. The van der Waals surface area contributed by atoms with Crippen LogP contribution in [0.2, 0.25) is 0 Å². The Kier molecular flexibility index (Phi) is 4.13. The Labute approximate surface area is 140 Å². The van der Waals surface area contributed by atoms with Crippen molar-refractivity contribution in [3.63, 3.8) is 0 Å². The molecule has 24 heavy (non-hydrogen) atoms. The molecule has 3 rings (SSSR count). The average molecular weight is 316 g/mol. The SMILES string of the molecule is [C-]#[N+]c1ccccc1C1=CCCc2ccc(C(=O)N=C(N)N)cc21. The van der Waals surface area contributed by atoms with Crippen LogP contribution in [-0.4, -0.2) is 11.9 Å². The van der Waals surface area contributed by atoms with Crippen molar-refractivity contribution in [1.29, 1.82) is 0 Å². The first-order valence-electron chi connectivity index (χ1n) is 7.54. The van der Waals surface area contributed by atoms with Crippen molar-refractivity contribution < 1.29 is 4.79 Å². The number of fused-ring (bicyclic) bond motifs is 1. The van der Waals surface area contributed by atoms with Gasteiger partial charge in [0.2, 0.25) is 0 Å². The summed E-state index contributed by atoms with van der Waals surface area (Å²) < 4.78 is 0. The molecule has 0 heterocycles. The van der Waals surface area contributed by atoms with E-state index >= 15 is 0 Å². The van der Waals surface area contributed by atoms with Crippen molar-refractivity contribution in [2.45, 2.75) is 12.8 Å². The number of hydrogen-bond acceptors (Lipinski definition) is 1. The van der Waals surface area contributed by atoms with E-state index in [1.807, 2.05) is 24.3 Å². The summed E-state index contributed by atoms with van der Waals surface area (Å²) in [6.45, 7) is 7.37. The zero-order chi connectivity index (χ0) is 17.1. The van der Waals surface area contributed by atoms with Gasteiger partial charge in [-0.2, -0.15) is 4.99 Å². The predicted octanol–water partition coefficient (Wildman–Crippen LogP) is 3.03. The Hall–Kier alpha value is -3.39. The molecule has 5 nitrogen and oxygen atoms in total. The van der Waals surface area contributed by atoms with Crippen molar-refractivity contribution in [2.24, 2.45) is 16.5 Å². The number of hydrogen-bond donors (Lipinski definition) is 2. The van der Waals surface area contributed by atoms with Crippen LogP contribution in [0.25, 0.3) is 10.4 Å². The number of aliphatic imine (C=N–C) groups is 1. The minimum absolute atomic E-state index is 0.258. The van der Waals surface area contributed by atoms with Gasteiger partial charge < -0.3 is 11.5 Å². The number of benzene rings is 2. The first-order valence-corrected chi connectivity index (χ1v) is 7.54. The summed E-state index contributed by atoms with van der Waals surface area (Å²) in [6.07, 6.45) is 3.91. The van der Waals surface area contributed by atoms with Gasteiger partial charge in [-0.3, -0.25) is 4.79 Å². The van der Waals surface area contributed by atoms with Crippen LogP contribution in [-0.2, 0) is 6.42 Å². The highest BCUT2D eigenvalue weighted by atomic mass is 16.1. The van der Waals surface area contributed by atoms with Gasteiger partial charge in [0.1, 0.15) is 0 Å². The zero-order valence-electron chi connectivity index (χ0n) is 13.0. The van der Waals surface area contributed by atoms with Gasteiger partial charge in [0.05, 0.1) is 6.57 Å². The van der Waals surface area contributed by atoms with Crippen molar-refractivity contribution in [3.8, 4) is 0 Å². The largest absolute Gasteiger partial charge is 0.370 e. The van der Waals surface area contributed by atoms with Crippen LogP contribution in [0.4, 0.5) is 5.69 Å². The molecular weight excluding hydrogens is 300 g/mol. The van der Waals surface area contributed by atoms with Crippen molar-refractivity contribution in [2.75, 3.05) is 0 Å². The van der Waals surface area contributed by atoms with Gasteiger partial charge in [-0.05, 0) is 47.2 Å². The average Bonchev–Trinajstić information content (AvgIpc) is 2.60. The van der Waals surface area contributed by atoms with E-state index in [9.17, 15) is 4.79 Å². The zero-order valence-corrected chi connectivity index (χ0v) is 13.0. The monoisotopic (exact) mass is 316 g/mol. The van der Waals surface area contributed by atoms with Crippen LogP contribution < -0.4 is 11.5 Å². The standard InChI is InChI=1S/C19H16N4O/c1-22-17-8-3-2-6-15(17)14-7-4-5-12-9-10-13(11-16(12)14)18(24)23-19(20)21/h2-3,6-11H,4-5H2,(H4,20,21,23,24). The van der Waals surface area contributed by atoms with Gasteiger partial charge in [-0.15, -0.1) is 0 Å². The van der Waals surface area contributed by atoms with E-state index in [1.54, 1.807) is 18.2 Å². The molecule has 0 saturated carbocycles. The normalized spacial score (nSPS) is 12.5. The molecule has 0 radical (unpaired) electrons. The minimum Gasteiger partial charge on any atom is -0.370 e. The van der Waals surface area contributed by atoms with Crippen molar-refractivity contribution in [1.82, 2.24) is 0 Å². The maximum Gasteiger partial charge on any atom is 0.280 e. The molecule has 0 atom stereocenters. The molecule has 118 valence electrons. The number of rotatable bonds is 2. The molecule has 0 unspecified atom stereocenters. The van der Waals surface area contributed by atoms with E-state index in [-0.39, 0.29) is 5.96 Å². The second-order valence-corrected chi connectivity index (χ2v) is 5.50. The Morgan fingerprint density at radius 2 is 1.92 bits per heavy atom. The summed E-state index contributed by atoms with van der Waals surface area (Å²) >= 11 is 0. The van der Waals surface area contributed by atoms with E-state index in [0.717, 1.165) is 35.1 Å². The van der Waals surface area contributed by atoms with Crippen LogP contribution in [0.5, 0.6) is 0 Å². The number of allylic oxidation sites excluding steroid dienone is 1. The van der Waals surface area contributed by atoms with E-state index < -0.39 is 5.91 Å². The highest BCUT2D eigenvalue weighted by molar-refractivity contribution is 6.03. The number of aryl methyl sites for hydroxylation is 1. The van der Waals surface area contributed by atoms with Gasteiger partial charge in [0.25, 0.3) is 5.91 Å². The smallest absolute Gasteiger partial charge is 0.280 e. The quantitative estimate of drug-likeness (QED) is 0.507. The molecule has 0 aliphatic heterocycles. The number of carbonyl (C=O) groups excluding carboxylic acids is 1. The van der Waals surface area contributed by atoms with E-state index in [0.29, 0.717) is 11.3 Å². The molecule has 0 saturated heterocycles. The fourth-order valence-electron chi connectivity index (χ4n) is 2.90. The van der Waals surface area contributed by atoms with Gasteiger partial charge in [0, 0.05) is 5.56 Å². The minimum atomic E-state index is -0.471. The maximum absolute atomic E-state index is 12.1. The van der Waals surface area contributed by atoms with Crippen LogP contribution >= 0.6 is 0 Å². The topological polar surface area (TPSA) is 85.8 Å². The summed E-state index contributed by atoms with van der Waals surface area (Å²) in [5.41, 5.74) is 15.5. The number of nitrogens with zero attached hydrogens (tertiary/aromatic N) is 2. The molecule has 0 spiro atoms. The van der Waals surface area contributed by atoms with Crippen LogP contribution in [0.1, 0.15) is 33.5 Å². The van der Waals surface area contributed by atoms with Gasteiger partial charge in [-0.1, -0.05) is 36.4 Å². The molecular formula is C19H16N4O. The van der Waals surface area contributed by atoms with E-state index in [4.69, 9.17) is 18.0 Å². The number of nitrogens with two attached hydrogens (primary N) is 2. The number of guanidine groups is 1. The highest BCUT2D eigenvalue weighted by Crippen LogP contribution is 2.36. The Morgan fingerprint density at radius 1 is 1.12 bits per heavy atom. The third-order valence-corrected chi connectivity index (χ3v) is 3.95. The second kappa shape index (κ2) is 6.39.